The Morgan fingerprint density at radius 2 is 1.79 bits per heavy atom. The van der Waals surface area contributed by atoms with Gasteiger partial charge in [-0.15, -0.1) is 0 Å². The Morgan fingerprint density at radius 1 is 1.03 bits per heavy atom. The van der Waals surface area contributed by atoms with E-state index in [4.69, 9.17) is 20.8 Å². The molecule has 6 nitrogen and oxygen atoms in total. The fraction of sp³-hybridized carbons (Fsp3) is 0.0800. The Morgan fingerprint density at radius 3 is 2.52 bits per heavy atom. The fourth-order valence-corrected chi connectivity index (χ4v) is 3.73. The van der Waals surface area contributed by atoms with Crippen LogP contribution in [0.3, 0.4) is 0 Å². The second kappa shape index (κ2) is 8.88. The smallest absolute Gasteiger partial charge is 0.343 e. The first-order valence-corrected chi connectivity index (χ1v) is 10.2. The van der Waals surface area contributed by atoms with Crippen LogP contribution in [0.4, 0.5) is 10.1 Å². The van der Waals surface area contributed by atoms with Gasteiger partial charge in [-0.25, -0.2) is 9.18 Å². The first-order valence-electron chi connectivity index (χ1n) is 9.86. The maximum absolute atomic E-state index is 14.4. The molecule has 4 aromatic rings. The summed E-state index contributed by atoms with van der Waals surface area (Å²) in [4.78, 5) is 36.9. The van der Waals surface area contributed by atoms with E-state index in [0.717, 1.165) is 0 Å². The van der Waals surface area contributed by atoms with Crippen molar-refractivity contribution in [3.8, 4) is 16.9 Å². The third-order valence-corrected chi connectivity index (χ3v) is 5.20. The fourth-order valence-electron chi connectivity index (χ4n) is 3.47. The second-order valence-corrected chi connectivity index (χ2v) is 7.68. The second-order valence-electron chi connectivity index (χ2n) is 7.27. The first-order chi connectivity index (χ1) is 15.7. The lowest BCUT2D eigenvalue weighted by Crippen LogP contribution is -2.11. The molecule has 0 radical (unpaired) electrons. The van der Waals surface area contributed by atoms with Crippen molar-refractivity contribution in [1.82, 2.24) is 0 Å². The Hall–Kier alpha value is -3.97. The van der Waals surface area contributed by atoms with Crippen molar-refractivity contribution in [3.63, 3.8) is 0 Å². The Balaban J connectivity index is 1.69. The maximum atomic E-state index is 14.4. The summed E-state index contributed by atoms with van der Waals surface area (Å²) < 4.78 is 25.6. The molecule has 166 valence electrons. The van der Waals surface area contributed by atoms with E-state index in [1.165, 1.54) is 56.3 Å². The van der Waals surface area contributed by atoms with Gasteiger partial charge >= 0.3 is 5.97 Å². The van der Waals surface area contributed by atoms with E-state index in [2.05, 4.69) is 5.32 Å². The van der Waals surface area contributed by atoms with E-state index in [1.807, 2.05) is 0 Å². The van der Waals surface area contributed by atoms with Gasteiger partial charge in [0.05, 0.1) is 21.5 Å². The van der Waals surface area contributed by atoms with Crippen LogP contribution in [-0.2, 0) is 4.79 Å². The highest BCUT2D eigenvalue weighted by Gasteiger charge is 2.20. The quantitative estimate of drug-likeness (QED) is 0.307. The molecule has 0 spiro atoms. The largest absolute Gasteiger partial charge is 0.460 e. The van der Waals surface area contributed by atoms with Crippen LogP contribution in [0.2, 0.25) is 5.02 Å². The van der Waals surface area contributed by atoms with Crippen LogP contribution < -0.4 is 15.5 Å². The minimum absolute atomic E-state index is 0.0260. The van der Waals surface area contributed by atoms with Gasteiger partial charge in [0.2, 0.25) is 11.3 Å². The number of hydrogen-bond acceptors (Lipinski definition) is 5. The Labute approximate surface area is 192 Å². The molecule has 1 heterocycles. The molecule has 1 amide bonds. The number of carbonyl (C=O) groups is 2. The minimum atomic E-state index is -0.657. The van der Waals surface area contributed by atoms with E-state index in [-0.39, 0.29) is 50.1 Å². The minimum Gasteiger partial charge on any atom is -0.460 e. The molecule has 8 heteroatoms. The molecule has 4 rings (SSSR count). The van der Waals surface area contributed by atoms with E-state index < -0.39 is 17.2 Å². The van der Waals surface area contributed by atoms with E-state index in [9.17, 15) is 18.8 Å². The highest BCUT2D eigenvalue weighted by Crippen LogP contribution is 2.33. The Kier molecular flexibility index (Phi) is 5.98. The van der Waals surface area contributed by atoms with E-state index >= 15 is 0 Å². The number of benzene rings is 3. The van der Waals surface area contributed by atoms with Crippen LogP contribution in [0.1, 0.15) is 23.0 Å². The van der Waals surface area contributed by atoms with Crippen LogP contribution in [-0.4, -0.2) is 11.9 Å². The van der Waals surface area contributed by atoms with Gasteiger partial charge in [0.25, 0.3) is 0 Å². The lowest BCUT2D eigenvalue weighted by atomic mass is 10.0. The summed E-state index contributed by atoms with van der Waals surface area (Å²) in [6, 6.07) is 14.7. The average Bonchev–Trinajstić information content (AvgIpc) is 2.75. The average molecular weight is 466 g/mol. The predicted molar refractivity (Wildman–Crippen MR) is 123 cm³/mol. The molecule has 1 aromatic heterocycles. The highest BCUT2D eigenvalue weighted by molar-refractivity contribution is 6.33. The van der Waals surface area contributed by atoms with Gasteiger partial charge < -0.3 is 14.5 Å². The van der Waals surface area contributed by atoms with Crippen LogP contribution in [0, 0.1) is 12.7 Å². The molecular weight excluding hydrogens is 449 g/mol. The van der Waals surface area contributed by atoms with Crippen molar-refractivity contribution in [2.45, 2.75) is 13.8 Å². The van der Waals surface area contributed by atoms with E-state index in [1.54, 1.807) is 18.2 Å². The first kappa shape index (κ1) is 22.2. The van der Waals surface area contributed by atoms with Gasteiger partial charge in [-0.3, -0.25) is 9.59 Å². The lowest BCUT2D eigenvalue weighted by molar-refractivity contribution is -0.114. The maximum Gasteiger partial charge on any atom is 0.343 e. The van der Waals surface area contributed by atoms with Crippen molar-refractivity contribution < 1.29 is 23.1 Å². The van der Waals surface area contributed by atoms with Crippen molar-refractivity contribution in [3.05, 3.63) is 93.1 Å². The topological polar surface area (TPSA) is 85.6 Å². The molecule has 0 unspecified atom stereocenters. The number of hydrogen-bond donors (Lipinski definition) is 1. The predicted octanol–water partition coefficient (Wildman–Crippen LogP) is 5.74. The number of halogens is 2. The molecule has 0 aliphatic heterocycles. The zero-order chi connectivity index (χ0) is 23.7. The number of nitrogens with one attached hydrogen (secondary N) is 1. The standard InChI is InChI=1S/C25H17ClFNO5/c1-13-22(23-19(26)7-4-8-20(23)27)24(30)18-10-9-17(12-21(18)32-13)33-25(31)15-5-3-6-16(11-15)28-14(2)29/h3-12H,1-2H3,(H,28,29). The van der Waals surface area contributed by atoms with Gasteiger partial charge in [-0.1, -0.05) is 23.7 Å². The molecular formula is C25H17ClFNO5. The molecule has 0 bridgehead atoms. The molecule has 1 N–H and O–H groups in total. The number of amides is 1. The molecule has 0 atom stereocenters. The third-order valence-electron chi connectivity index (χ3n) is 4.88. The molecule has 0 aliphatic rings. The monoisotopic (exact) mass is 465 g/mol. The number of aryl methyl sites for hydroxylation is 1. The third kappa shape index (κ3) is 4.49. The van der Waals surface area contributed by atoms with Crippen molar-refractivity contribution in [2.24, 2.45) is 0 Å². The lowest BCUT2D eigenvalue weighted by Gasteiger charge is -2.11. The number of fused-ring (bicyclic) bond motifs is 1. The number of carbonyl (C=O) groups excluding carboxylic acids is 2. The summed E-state index contributed by atoms with van der Waals surface area (Å²) in [5.41, 5.74) is 0.402. The molecule has 0 saturated heterocycles. The van der Waals surface area contributed by atoms with Gasteiger partial charge in [-0.2, -0.15) is 0 Å². The number of anilines is 1. The number of ether oxygens (including phenoxy) is 1. The van der Waals surface area contributed by atoms with Gasteiger partial charge in [0.15, 0.2) is 0 Å². The van der Waals surface area contributed by atoms with E-state index in [0.29, 0.717) is 5.69 Å². The summed E-state index contributed by atoms with van der Waals surface area (Å²) in [7, 11) is 0. The number of rotatable bonds is 4. The van der Waals surface area contributed by atoms with Gasteiger partial charge in [0.1, 0.15) is 22.9 Å². The molecule has 0 fully saturated rings. The normalized spacial score (nSPS) is 10.8. The number of esters is 1. The summed E-state index contributed by atoms with van der Waals surface area (Å²) in [5, 5.41) is 2.87. The van der Waals surface area contributed by atoms with Crippen molar-refractivity contribution in [2.75, 3.05) is 5.32 Å². The van der Waals surface area contributed by atoms with Crippen LogP contribution in [0.25, 0.3) is 22.1 Å². The van der Waals surface area contributed by atoms with Crippen molar-refractivity contribution >= 4 is 40.1 Å². The van der Waals surface area contributed by atoms with Gasteiger partial charge in [-0.05, 0) is 49.4 Å². The van der Waals surface area contributed by atoms with Crippen LogP contribution >= 0.6 is 11.6 Å². The summed E-state index contributed by atoms with van der Waals surface area (Å²) in [6.07, 6.45) is 0. The van der Waals surface area contributed by atoms with Crippen molar-refractivity contribution in [1.29, 1.82) is 0 Å². The van der Waals surface area contributed by atoms with Gasteiger partial charge in [0, 0.05) is 24.2 Å². The molecule has 3 aromatic carbocycles. The summed E-state index contributed by atoms with van der Waals surface area (Å²) in [5.74, 6) is -1.24. The Bertz CT molecular complexity index is 1460. The highest BCUT2D eigenvalue weighted by atomic mass is 35.5. The zero-order valence-electron chi connectivity index (χ0n) is 17.6. The molecule has 33 heavy (non-hydrogen) atoms. The van der Waals surface area contributed by atoms with Crippen LogP contribution in [0.5, 0.6) is 5.75 Å². The van der Waals surface area contributed by atoms with Crippen LogP contribution in [0.15, 0.2) is 69.9 Å². The molecule has 0 aliphatic carbocycles. The molecule has 0 saturated carbocycles. The zero-order valence-corrected chi connectivity index (χ0v) is 18.3. The summed E-state index contributed by atoms with van der Waals surface area (Å²) in [6.45, 7) is 2.90. The summed E-state index contributed by atoms with van der Waals surface area (Å²) >= 11 is 6.14. The SMILES string of the molecule is CC(=O)Nc1cccc(C(=O)Oc2ccc3c(=O)c(-c4c(F)cccc4Cl)c(C)oc3c2)c1.